The molecule has 0 aromatic heterocycles. The van der Waals surface area contributed by atoms with Crippen molar-refractivity contribution in [3.63, 3.8) is 0 Å². The normalized spacial score (nSPS) is 13.1. The summed E-state index contributed by atoms with van der Waals surface area (Å²) in [5.74, 6) is -0.500. The molecule has 106 valence electrons. The minimum atomic E-state index is -3.77. The smallest absolute Gasteiger partial charge is 0.263 e. The predicted octanol–water partition coefficient (Wildman–Crippen LogP) is 1.03. The Morgan fingerprint density at radius 3 is 2.37 bits per heavy atom. The van der Waals surface area contributed by atoms with Gasteiger partial charge in [-0.3, -0.25) is 9.63 Å². The molecule has 0 aliphatic carbocycles. The summed E-state index contributed by atoms with van der Waals surface area (Å²) < 4.78 is 26.3. The Morgan fingerprint density at radius 1 is 1.37 bits per heavy atom. The van der Waals surface area contributed by atoms with Crippen LogP contribution in [0, 0.1) is 0 Å². The maximum Gasteiger partial charge on any atom is 0.263 e. The van der Waals surface area contributed by atoms with E-state index in [1.165, 1.54) is 45.3 Å². The molecule has 1 aromatic rings. The number of carbonyl (C=O) groups excluding carboxylic acids is 1. The molecule has 1 aromatic carbocycles. The molecule has 1 rings (SSSR count). The Morgan fingerprint density at radius 2 is 1.89 bits per heavy atom. The SMILES string of the molecule is CON(C)C(=O)[C@H](C)NS(=O)(=O)c1ccc(Cl)cc1. The van der Waals surface area contributed by atoms with E-state index in [0.717, 1.165) is 5.06 Å². The zero-order valence-electron chi connectivity index (χ0n) is 10.8. The molecule has 1 amide bonds. The molecule has 0 saturated heterocycles. The molecule has 0 radical (unpaired) electrons. The van der Waals surface area contributed by atoms with Crippen molar-refractivity contribution in [1.82, 2.24) is 9.79 Å². The highest BCUT2D eigenvalue weighted by molar-refractivity contribution is 7.89. The number of nitrogens with zero attached hydrogens (tertiary/aromatic N) is 1. The molecule has 8 heteroatoms. The van der Waals surface area contributed by atoms with E-state index in [1.54, 1.807) is 0 Å². The van der Waals surface area contributed by atoms with Gasteiger partial charge in [0, 0.05) is 12.1 Å². The molecule has 19 heavy (non-hydrogen) atoms. The number of hydrogen-bond donors (Lipinski definition) is 1. The van der Waals surface area contributed by atoms with Crippen LogP contribution in [-0.2, 0) is 19.7 Å². The summed E-state index contributed by atoms with van der Waals surface area (Å²) in [6.07, 6.45) is 0. The van der Waals surface area contributed by atoms with E-state index in [4.69, 9.17) is 16.4 Å². The number of halogens is 1. The summed E-state index contributed by atoms with van der Waals surface area (Å²) in [6.45, 7) is 1.44. The van der Waals surface area contributed by atoms with Crippen molar-refractivity contribution in [2.24, 2.45) is 0 Å². The summed E-state index contributed by atoms with van der Waals surface area (Å²) >= 11 is 5.69. The van der Waals surface area contributed by atoms with Crippen LogP contribution in [0.4, 0.5) is 0 Å². The number of sulfonamides is 1. The van der Waals surface area contributed by atoms with Gasteiger partial charge in [-0.05, 0) is 31.2 Å². The highest BCUT2D eigenvalue weighted by Gasteiger charge is 2.24. The number of hydroxylamine groups is 2. The molecule has 0 saturated carbocycles. The van der Waals surface area contributed by atoms with Gasteiger partial charge in [0.05, 0.1) is 12.0 Å². The summed E-state index contributed by atoms with van der Waals surface area (Å²) in [5.41, 5.74) is 0. The predicted molar refractivity (Wildman–Crippen MR) is 71.0 cm³/mol. The number of carbonyl (C=O) groups is 1. The quantitative estimate of drug-likeness (QED) is 0.824. The lowest BCUT2D eigenvalue weighted by Crippen LogP contribution is -2.45. The minimum Gasteiger partial charge on any atom is -0.275 e. The van der Waals surface area contributed by atoms with E-state index >= 15 is 0 Å². The van der Waals surface area contributed by atoms with Crippen LogP contribution in [0.1, 0.15) is 6.92 Å². The first kappa shape index (κ1) is 15.9. The zero-order chi connectivity index (χ0) is 14.6. The van der Waals surface area contributed by atoms with E-state index in [9.17, 15) is 13.2 Å². The van der Waals surface area contributed by atoms with Crippen molar-refractivity contribution in [3.8, 4) is 0 Å². The first-order chi connectivity index (χ1) is 8.77. The third kappa shape index (κ3) is 4.17. The maximum absolute atomic E-state index is 12.0. The van der Waals surface area contributed by atoms with Crippen LogP contribution in [-0.4, -0.2) is 39.6 Å². The fraction of sp³-hybridized carbons (Fsp3) is 0.364. The van der Waals surface area contributed by atoms with E-state index in [-0.39, 0.29) is 4.90 Å². The molecule has 0 fully saturated rings. The fourth-order valence-corrected chi connectivity index (χ4v) is 2.65. The number of nitrogens with one attached hydrogen (secondary N) is 1. The zero-order valence-corrected chi connectivity index (χ0v) is 12.3. The van der Waals surface area contributed by atoms with Crippen molar-refractivity contribution in [2.45, 2.75) is 17.9 Å². The third-order valence-electron chi connectivity index (χ3n) is 2.41. The second-order valence-corrected chi connectivity index (χ2v) is 5.97. The number of hydrogen-bond acceptors (Lipinski definition) is 4. The van der Waals surface area contributed by atoms with Gasteiger partial charge in [-0.15, -0.1) is 0 Å². The third-order valence-corrected chi connectivity index (χ3v) is 4.22. The first-order valence-corrected chi connectivity index (χ1v) is 7.23. The van der Waals surface area contributed by atoms with E-state index in [1.807, 2.05) is 0 Å². The molecule has 6 nitrogen and oxygen atoms in total. The number of rotatable bonds is 5. The second-order valence-electron chi connectivity index (χ2n) is 3.82. The lowest BCUT2D eigenvalue weighted by atomic mass is 10.3. The number of amides is 1. The van der Waals surface area contributed by atoms with Gasteiger partial charge in [0.1, 0.15) is 6.04 Å². The molecule has 1 N–H and O–H groups in total. The first-order valence-electron chi connectivity index (χ1n) is 5.37. The molecular formula is C11H15ClN2O4S. The summed E-state index contributed by atoms with van der Waals surface area (Å²) in [5, 5.41) is 1.39. The van der Waals surface area contributed by atoms with E-state index in [0.29, 0.717) is 5.02 Å². The Labute approximate surface area is 117 Å². The van der Waals surface area contributed by atoms with Crippen molar-refractivity contribution in [2.75, 3.05) is 14.2 Å². The van der Waals surface area contributed by atoms with Crippen LogP contribution in [0.15, 0.2) is 29.2 Å². The Bertz CT molecular complexity index is 544. The molecule has 0 aliphatic heterocycles. The van der Waals surface area contributed by atoms with Crippen molar-refractivity contribution in [3.05, 3.63) is 29.3 Å². The Balaban J connectivity index is 2.86. The summed E-state index contributed by atoms with van der Waals surface area (Å²) in [6, 6.07) is 4.71. The van der Waals surface area contributed by atoms with Crippen molar-refractivity contribution in [1.29, 1.82) is 0 Å². The number of likely N-dealkylation sites (N-methyl/N-ethyl adjacent to an activating group) is 1. The molecular weight excluding hydrogens is 292 g/mol. The average Bonchev–Trinajstić information content (AvgIpc) is 2.36. The van der Waals surface area contributed by atoms with Gasteiger partial charge < -0.3 is 0 Å². The standard InChI is InChI=1S/C11H15ClN2O4S/c1-8(11(15)14(2)18-3)13-19(16,17)10-6-4-9(12)5-7-10/h4-8,13H,1-3H3/t8-/m0/s1. The fourth-order valence-electron chi connectivity index (χ4n) is 1.33. The van der Waals surface area contributed by atoms with Gasteiger partial charge >= 0.3 is 0 Å². The van der Waals surface area contributed by atoms with Crippen LogP contribution in [0.2, 0.25) is 5.02 Å². The number of benzene rings is 1. The van der Waals surface area contributed by atoms with Gasteiger partial charge in [0.15, 0.2) is 0 Å². The van der Waals surface area contributed by atoms with Gasteiger partial charge in [0.2, 0.25) is 10.0 Å². The molecule has 1 atom stereocenters. The van der Waals surface area contributed by atoms with Crippen LogP contribution >= 0.6 is 11.6 Å². The molecule has 0 aliphatic rings. The average molecular weight is 307 g/mol. The van der Waals surface area contributed by atoms with Crippen LogP contribution in [0.25, 0.3) is 0 Å². The van der Waals surface area contributed by atoms with Gasteiger partial charge in [-0.1, -0.05) is 11.6 Å². The summed E-state index contributed by atoms with van der Waals surface area (Å²) in [4.78, 5) is 16.4. The Hall–Kier alpha value is -1.15. The van der Waals surface area contributed by atoms with Crippen LogP contribution in [0.3, 0.4) is 0 Å². The van der Waals surface area contributed by atoms with E-state index < -0.39 is 22.0 Å². The lowest BCUT2D eigenvalue weighted by Gasteiger charge is -2.19. The van der Waals surface area contributed by atoms with Crippen molar-refractivity contribution < 1.29 is 18.0 Å². The minimum absolute atomic E-state index is 0.0385. The van der Waals surface area contributed by atoms with Crippen molar-refractivity contribution >= 4 is 27.5 Å². The topological polar surface area (TPSA) is 75.7 Å². The highest BCUT2D eigenvalue weighted by Crippen LogP contribution is 2.14. The van der Waals surface area contributed by atoms with Gasteiger partial charge in [-0.2, -0.15) is 4.72 Å². The lowest BCUT2D eigenvalue weighted by molar-refractivity contribution is -0.170. The monoisotopic (exact) mass is 306 g/mol. The highest BCUT2D eigenvalue weighted by atomic mass is 35.5. The largest absolute Gasteiger partial charge is 0.275 e. The summed E-state index contributed by atoms with van der Waals surface area (Å²) in [7, 11) is -1.06. The Kier molecular flexibility index (Phi) is 5.30. The molecule has 0 unspecified atom stereocenters. The van der Waals surface area contributed by atoms with Gasteiger partial charge in [0.25, 0.3) is 5.91 Å². The van der Waals surface area contributed by atoms with Gasteiger partial charge in [-0.25, -0.2) is 13.5 Å². The molecule has 0 heterocycles. The van der Waals surface area contributed by atoms with Crippen LogP contribution < -0.4 is 4.72 Å². The van der Waals surface area contributed by atoms with Crippen LogP contribution in [0.5, 0.6) is 0 Å². The molecule has 0 bridgehead atoms. The second kappa shape index (κ2) is 6.33. The maximum atomic E-state index is 12.0. The van der Waals surface area contributed by atoms with E-state index in [2.05, 4.69) is 4.72 Å². The molecule has 0 spiro atoms.